The highest BCUT2D eigenvalue weighted by molar-refractivity contribution is 5.84. The second-order valence-corrected chi connectivity index (χ2v) is 7.44. The minimum Gasteiger partial charge on any atom is -0.386 e. The summed E-state index contributed by atoms with van der Waals surface area (Å²) in [7, 11) is 1.97. The highest BCUT2D eigenvalue weighted by Crippen LogP contribution is 2.25. The fourth-order valence-corrected chi connectivity index (χ4v) is 2.70. The van der Waals surface area contributed by atoms with Crippen molar-refractivity contribution in [3.63, 3.8) is 0 Å². The lowest BCUT2D eigenvalue weighted by Gasteiger charge is -2.17. The summed E-state index contributed by atoms with van der Waals surface area (Å²) in [5.41, 5.74) is 0.544. The first kappa shape index (κ1) is 21.7. The normalized spacial score (nSPS) is 11.8. The van der Waals surface area contributed by atoms with E-state index in [-0.39, 0.29) is 17.0 Å². The predicted molar refractivity (Wildman–Crippen MR) is 109 cm³/mol. The lowest BCUT2D eigenvalue weighted by atomic mass is 10.0. The van der Waals surface area contributed by atoms with Gasteiger partial charge < -0.3 is 10.0 Å². The summed E-state index contributed by atoms with van der Waals surface area (Å²) in [6.07, 6.45) is 10.7. The highest BCUT2D eigenvalue weighted by Gasteiger charge is 2.18. The molecule has 1 aromatic heterocycles. The fraction of sp³-hybridized carbons (Fsp3) is 0.409. The van der Waals surface area contributed by atoms with Crippen molar-refractivity contribution < 1.29 is 14.3 Å². The van der Waals surface area contributed by atoms with Gasteiger partial charge in [-0.1, -0.05) is 19.8 Å². The predicted octanol–water partition coefficient (Wildman–Crippen LogP) is 4.42. The Kier molecular flexibility index (Phi) is 7.40. The molecule has 1 heterocycles. The van der Waals surface area contributed by atoms with E-state index < -0.39 is 11.4 Å². The van der Waals surface area contributed by atoms with Gasteiger partial charge in [0.25, 0.3) is 0 Å². The van der Waals surface area contributed by atoms with Crippen molar-refractivity contribution in [3.8, 4) is 11.4 Å². The summed E-state index contributed by atoms with van der Waals surface area (Å²) in [6.45, 7) is 6.33. The summed E-state index contributed by atoms with van der Waals surface area (Å²) >= 11 is 0. The molecule has 1 N–H and O–H groups in total. The highest BCUT2D eigenvalue weighted by atomic mass is 19.1. The molecule has 0 saturated carbocycles. The van der Waals surface area contributed by atoms with Crippen LogP contribution in [0.3, 0.4) is 0 Å². The number of nitrogens with zero attached hydrogens (tertiary/aromatic N) is 3. The second kappa shape index (κ2) is 9.55. The first-order valence-corrected chi connectivity index (χ1v) is 9.48. The zero-order valence-corrected chi connectivity index (χ0v) is 16.9. The largest absolute Gasteiger partial charge is 0.386 e. The molecule has 2 aromatic rings. The number of rotatable bonds is 9. The van der Waals surface area contributed by atoms with Gasteiger partial charge in [0, 0.05) is 37.1 Å². The maximum absolute atomic E-state index is 14.5. The van der Waals surface area contributed by atoms with Crippen LogP contribution in [0.2, 0.25) is 0 Å². The van der Waals surface area contributed by atoms with Gasteiger partial charge in [0.2, 0.25) is 0 Å². The minimum atomic E-state index is -1.07. The number of aromatic nitrogens is 2. The molecular formula is C22H28FN3O2. The summed E-state index contributed by atoms with van der Waals surface area (Å²) in [6, 6.07) is 2.78. The molecule has 150 valence electrons. The zero-order chi connectivity index (χ0) is 20.7. The van der Waals surface area contributed by atoms with Gasteiger partial charge in [0.1, 0.15) is 5.82 Å². The van der Waals surface area contributed by atoms with Gasteiger partial charge in [0.15, 0.2) is 12.1 Å². The Bertz CT molecular complexity index is 827. The van der Waals surface area contributed by atoms with Gasteiger partial charge in [-0.25, -0.2) is 14.4 Å². The zero-order valence-electron chi connectivity index (χ0n) is 16.9. The smallest absolute Gasteiger partial charge is 0.162 e. The van der Waals surface area contributed by atoms with E-state index in [0.717, 1.165) is 25.8 Å². The molecule has 0 aliphatic rings. The summed E-state index contributed by atoms with van der Waals surface area (Å²) in [4.78, 5) is 21.8. The van der Waals surface area contributed by atoms with Crippen LogP contribution in [0.4, 0.5) is 4.39 Å². The Balaban J connectivity index is 2.32. The van der Waals surface area contributed by atoms with Crippen LogP contribution >= 0.6 is 0 Å². The quantitative estimate of drug-likeness (QED) is 0.511. The number of unbranched alkanes of at least 4 members (excludes halogenated alkanes) is 2. The lowest BCUT2D eigenvalue weighted by molar-refractivity contribution is 0.0778. The number of aldehydes is 1. The van der Waals surface area contributed by atoms with Crippen molar-refractivity contribution in [1.29, 1.82) is 0 Å². The van der Waals surface area contributed by atoms with E-state index in [1.54, 1.807) is 26.0 Å². The van der Waals surface area contributed by atoms with Gasteiger partial charge in [-0.3, -0.25) is 4.79 Å². The number of hydrogen-bond donors (Lipinski definition) is 1. The van der Waals surface area contributed by atoms with Crippen molar-refractivity contribution in [3.05, 3.63) is 53.2 Å². The first-order chi connectivity index (χ1) is 13.3. The third-order valence-electron chi connectivity index (χ3n) is 4.52. The van der Waals surface area contributed by atoms with Crippen molar-refractivity contribution in [2.45, 2.75) is 45.6 Å². The van der Waals surface area contributed by atoms with Gasteiger partial charge in [0.05, 0.1) is 11.2 Å². The Morgan fingerprint density at radius 2 is 1.86 bits per heavy atom. The summed E-state index contributed by atoms with van der Waals surface area (Å²) in [5.74, 6) is -0.361. The first-order valence-electron chi connectivity index (χ1n) is 9.48. The Morgan fingerprint density at radius 1 is 1.18 bits per heavy atom. The van der Waals surface area contributed by atoms with E-state index >= 15 is 0 Å². The number of hydrogen-bond acceptors (Lipinski definition) is 5. The third kappa shape index (κ3) is 5.70. The van der Waals surface area contributed by atoms with Crippen LogP contribution in [0.5, 0.6) is 0 Å². The molecule has 28 heavy (non-hydrogen) atoms. The second-order valence-electron chi connectivity index (χ2n) is 7.44. The monoisotopic (exact) mass is 385 g/mol. The van der Waals surface area contributed by atoms with Crippen molar-refractivity contribution in [1.82, 2.24) is 14.9 Å². The molecule has 2 rings (SSSR count). The molecule has 0 spiro atoms. The molecule has 0 saturated heterocycles. The van der Waals surface area contributed by atoms with E-state index in [0.29, 0.717) is 17.4 Å². The van der Waals surface area contributed by atoms with E-state index in [2.05, 4.69) is 16.9 Å². The number of carbonyl (C=O) groups excluding carboxylic acids is 1. The number of aliphatic hydroxyl groups is 1. The van der Waals surface area contributed by atoms with Crippen LogP contribution in [0.25, 0.3) is 17.5 Å². The number of benzene rings is 1. The molecule has 6 heteroatoms. The van der Waals surface area contributed by atoms with Crippen LogP contribution in [-0.2, 0) is 5.60 Å². The van der Waals surface area contributed by atoms with Gasteiger partial charge >= 0.3 is 0 Å². The van der Waals surface area contributed by atoms with Crippen LogP contribution in [-0.4, -0.2) is 39.9 Å². The average Bonchev–Trinajstić information content (AvgIpc) is 2.66. The molecule has 0 atom stereocenters. The van der Waals surface area contributed by atoms with Crippen molar-refractivity contribution in [2.24, 2.45) is 0 Å². The van der Waals surface area contributed by atoms with Crippen LogP contribution in [0, 0.1) is 5.82 Å². The maximum atomic E-state index is 14.5. The molecule has 0 bridgehead atoms. The van der Waals surface area contributed by atoms with E-state index in [1.807, 2.05) is 18.1 Å². The summed E-state index contributed by atoms with van der Waals surface area (Å²) < 4.78 is 14.5. The number of halogens is 1. The van der Waals surface area contributed by atoms with E-state index in [9.17, 15) is 14.3 Å². The van der Waals surface area contributed by atoms with Gasteiger partial charge in [-0.2, -0.15) is 0 Å². The van der Waals surface area contributed by atoms with Crippen LogP contribution in [0.1, 0.15) is 61.5 Å². The molecule has 0 fully saturated rings. The fourth-order valence-electron chi connectivity index (χ4n) is 2.70. The number of carbonyl (C=O) groups is 1. The molecule has 0 aliphatic heterocycles. The third-order valence-corrected chi connectivity index (χ3v) is 4.52. The average molecular weight is 385 g/mol. The standard InChI is InChI=1S/C22H28FN3O2/c1-5-6-7-9-26(4)10-8-16-11-19(20(23)12-17(16)15-27)21-24-13-18(14-25-21)22(2,3)28/h8,10-15,28H,5-7,9H2,1-4H3/b10-8-. The Morgan fingerprint density at radius 3 is 2.43 bits per heavy atom. The van der Waals surface area contributed by atoms with Crippen molar-refractivity contribution >= 4 is 12.4 Å². The molecule has 0 unspecified atom stereocenters. The van der Waals surface area contributed by atoms with Crippen LogP contribution in [0.15, 0.2) is 30.7 Å². The molecule has 5 nitrogen and oxygen atoms in total. The summed E-state index contributed by atoms with van der Waals surface area (Å²) in [5, 5.41) is 10.0. The van der Waals surface area contributed by atoms with E-state index in [1.165, 1.54) is 18.5 Å². The van der Waals surface area contributed by atoms with Crippen molar-refractivity contribution in [2.75, 3.05) is 13.6 Å². The van der Waals surface area contributed by atoms with Gasteiger partial charge in [-0.15, -0.1) is 0 Å². The lowest BCUT2D eigenvalue weighted by Crippen LogP contribution is -2.16. The SMILES string of the molecule is CCCCCN(C)/C=C\c1cc(-c2ncc(C(C)(C)O)cn2)c(F)cc1C=O. The topological polar surface area (TPSA) is 66.3 Å². The maximum Gasteiger partial charge on any atom is 0.162 e. The Hall–Kier alpha value is -2.60. The molecule has 0 radical (unpaired) electrons. The van der Waals surface area contributed by atoms with Crippen LogP contribution < -0.4 is 0 Å². The van der Waals surface area contributed by atoms with E-state index in [4.69, 9.17) is 0 Å². The molecular weight excluding hydrogens is 357 g/mol. The molecule has 0 amide bonds. The van der Waals surface area contributed by atoms with Gasteiger partial charge in [-0.05, 0) is 50.2 Å². The molecule has 1 aromatic carbocycles. The minimum absolute atomic E-state index is 0.203. The Labute approximate surface area is 165 Å². The molecule has 0 aliphatic carbocycles.